The number of esters is 1. The van der Waals surface area contributed by atoms with E-state index in [2.05, 4.69) is 13.2 Å². The van der Waals surface area contributed by atoms with Gasteiger partial charge in [-0.15, -0.1) is 6.58 Å². The van der Waals surface area contributed by atoms with E-state index in [0.717, 1.165) is 0 Å². The van der Waals surface area contributed by atoms with Crippen LogP contribution >= 0.6 is 0 Å². The van der Waals surface area contributed by atoms with Crippen molar-refractivity contribution >= 4 is 5.97 Å². The maximum atomic E-state index is 11.6. The molecule has 1 rings (SSSR count). The molecule has 1 atom stereocenters. The Labute approximate surface area is 113 Å². The molecule has 0 fully saturated rings. The lowest BCUT2D eigenvalue weighted by Gasteiger charge is -2.16. The highest BCUT2D eigenvalue weighted by atomic mass is 16.7. The lowest BCUT2D eigenvalue weighted by Crippen LogP contribution is -2.23. The van der Waals surface area contributed by atoms with Gasteiger partial charge in [0, 0.05) is 0 Å². The van der Waals surface area contributed by atoms with E-state index in [9.17, 15) is 4.79 Å². The molecule has 0 spiro atoms. The fraction of sp³-hybridized carbons (Fsp3) is 0.267. The normalized spacial score (nSPS) is 11.4. The highest BCUT2D eigenvalue weighted by Crippen LogP contribution is 2.14. The van der Waals surface area contributed by atoms with E-state index in [1.165, 1.54) is 0 Å². The van der Waals surface area contributed by atoms with E-state index in [4.69, 9.17) is 14.2 Å². The van der Waals surface area contributed by atoms with Gasteiger partial charge in [0.15, 0.2) is 6.79 Å². The predicted molar refractivity (Wildman–Crippen MR) is 72.8 cm³/mol. The number of para-hydroxylation sites is 1. The zero-order valence-electron chi connectivity index (χ0n) is 11.0. The first-order valence-corrected chi connectivity index (χ1v) is 5.91. The van der Waals surface area contributed by atoms with Gasteiger partial charge in [-0.2, -0.15) is 0 Å². The predicted octanol–water partition coefficient (Wildman–Crippen LogP) is 2.71. The molecule has 4 heteroatoms. The molecular formula is C15H18O4. The largest absolute Gasteiger partial charge is 0.486 e. The van der Waals surface area contributed by atoms with Crippen molar-refractivity contribution in [2.75, 3.05) is 13.4 Å². The van der Waals surface area contributed by atoms with Gasteiger partial charge in [-0.1, -0.05) is 30.9 Å². The number of rotatable bonds is 8. The molecule has 0 aliphatic rings. The van der Waals surface area contributed by atoms with Crippen molar-refractivity contribution in [1.82, 2.24) is 0 Å². The monoisotopic (exact) mass is 262 g/mol. The third kappa shape index (κ3) is 5.40. The van der Waals surface area contributed by atoms with Gasteiger partial charge in [0.2, 0.25) is 0 Å². The third-order valence-electron chi connectivity index (χ3n) is 2.32. The Morgan fingerprint density at radius 1 is 1.37 bits per heavy atom. The molecule has 102 valence electrons. The maximum absolute atomic E-state index is 11.6. The highest BCUT2D eigenvalue weighted by Gasteiger charge is 2.17. The van der Waals surface area contributed by atoms with Gasteiger partial charge in [-0.05, 0) is 19.1 Å². The fourth-order valence-electron chi connectivity index (χ4n) is 1.26. The fourth-order valence-corrected chi connectivity index (χ4v) is 1.26. The average Bonchev–Trinajstić information content (AvgIpc) is 2.43. The molecule has 1 aromatic carbocycles. The molecule has 0 heterocycles. The van der Waals surface area contributed by atoms with E-state index in [-0.39, 0.29) is 12.4 Å². The van der Waals surface area contributed by atoms with Crippen molar-refractivity contribution in [3.05, 3.63) is 55.1 Å². The van der Waals surface area contributed by atoms with Crippen molar-refractivity contribution in [1.29, 1.82) is 0 Å². The van der Waals surface area contributed by atoms with Gasteiger partial charge >= 0.3 is 5.97 Å². The molecule has 1 unspecified atom stereocenters. The van der Waals surface area contributed by atoms with Gasteiger partial charge in [0.1, 0.15) is 11.9 Å². The molecule has 0 amide bonds. The first kappa shape index (κ1) is 15.0. The summed E-state index contributed by atoms with van der Waals surface area (Å²) in [5, 5.41) is 0. The summed E-state index contributed by atoms with van der Waals surface area (Å²) in [6.07, 6.45) is 1.11. The molecule has 0 aliphatic carbocycles. The maximum Gasteiger partial charge on any atom is 0.339 e. The van der Waals surface area contributed by atoms with Crippen molar-refractivity contribution < 1.29 is 19.0 Å². The summed E-state index contributed by atoms with van der Waals surface area (Å²) in [6.45, 7) is 9.10. The first-order chi connectivity index (χ1) is 9.15. The summed E-state index contributed by atoms with van der Waals surface area (Å²) >= 11 is 0. The smallest absolute Gasteiger partial charge is 0.339 e. The van der Waals surface area contributed by atoms with Crippen LogP contribution in [-0.4, -0.2) is 25.5 Å². The average molecular weight is 262 g/mol. The standard InChI is InChI=1S/C15H18O4/c1-4-10-17-11-18-15(16)12(2)13(3)19-14-8-6-5-7-9-14/h4-9,13H,1-2,10-11H2,3H3. The number of hydrogen-bond acceptors (Lipinski definition) is 4. The van der Waals surface area contributed by atoms with Crippen LogP contribution in [0.5, 0.6) is 5.75 Å². The van der Waals surface area contributed by atoms with Crippen LogP contribution in [0.2, 0.25) is 0 Å². The van der Waals surface area contributed by atoms with Crippen molar-refractivity contribution in [3.8, 4) is 5.75 Å². The lowest BCUT2D eigenvalue weighted by atomic mass is 10.2. The van der Waals surface area contributed by atoms with Crippen LogP contribution in [0.25, 0.3) is 0 Å². The number of ether oxygens (including phenoxy) is 3. The zero-order valence-corrected chi connectivity index (χ0v) is 11.0. The van der Waals surface area contributed by atoms with Crippen molar-refractivity contribution in [3.63, 3.8) is 0 Å². The van der Waals surface area contributed by atoms with Gasteiger partial charge in [-0.3, -0.25) is 0 Å². The van der Waals surface area contributed by atoms with Crippen LogP contribution in [0, 0.1) is 0 Å². The minimum absolute atomic E-state index is 0.123. The van der Waals surface area contributed by atoms with Gasteiger partial charge in [0.05, 0.1) is 12.2 Å². The third-order valence-corrected chi connectivity index (χ3v) is 2.32. The molecule has 0 aromatic heterocycles. The van der Waals surface area contributed by atoms with E-state index in [0.29, 0.717) is 12.4 Å². The summed E-state index contributed by atoms with van der Waals surface area (Å²) in [5.74, 6) is 0.138. The minimum Gasteiger partial charge on any atom is -0.486 e. The molecule has 1 aromatic rings. The van der Waals surface area contributed by atoms with E-state index in [1.807, 2.05) is 30.3 Å². The number of hydrogen-bond donors (Lipinski definition) is 0. The van der Waals surface area contributed by atoms with Crippen LogP contribution < -0.4 is 4.74 Å². The highest BCUT2D eigenvalue weighted by molar-refractivity contribution is 5.88. The van der Waals surface area contributed by atoms with Gasteiger partial charge in [-0.25, -0.2) is 4.79 Å². The van der Waals surface area contributed by atoms with E-state index in [1.54, 1.807) is 13.0 Å². The second-order valence-corrected chi connectivity index (χ2v) is 3.81. The molecular weight excluding hydrogens is 244 g/mol. The summed E-state index contributed by atoms with van der Waals surface area (Å²) in [6, 6.07) is 9.21. The summed E-state index contributed by atoms with van der Waals surface area (Å²) < 4.78 is 15.4. The molecule has 0 saturated carbocycles. The van der Waals surface area contributed by atoms with Crippen LogP contribution in [0.4, 0.5) is 0 Å². The van der Waals surface area contributed by atoms with E-state index < -0.39 is 12.1 Å². The van der Waals surface area contributed by atoms with Crippen LogP contribution in [-0.2, 0) is 14.3 Å². The van der Waals surface area contributed by atoms with Crippen LogP contribution in [0.15, 0.2) is 55.1 Å². The number of carbonyl (C=O) groups is 1. The van der Waals surface area contributed by atoms with Crippen LogP contribution in [0.3, 0.4) is 0 Å². The Morgan fingerprint density at radius 3 is 2.68 bits per heavy atom. The van der Waals surface area contributed by atoms with E-state index >= 15 is 0 Å². The zero-order chi connectivity index (χ0) is 14.1. The molecule has 0 saturated heterocycles. The van der Waals surface area contributed by atoms with Gasteiger partial charge in [0.25, 0.3) is 0 Å². The van der Waals surface area contributed by atoms with Crippen LogP contribution in [0.1, 0.15) is 6.92 Å². The second kappa shape index (κ2) is 8.11. The Balaban J connectivity index is 2.39. The first-order valence-electron chi connectivity index (χ1n) is 5.91. The molecule has 0 bridgehead atoms. The minimum atomic E-state index is -0.535. The summed E-state index contributed by atoms with van der Waals surface area (Å²) in [5.41, 5.74) is 0.242. The Hall–Kier alpha value is -2.07. The Kier molecular flexibility index (Phi) is 6.39. The summed E-state index contributed by atoms with van der Waals surface area (Å²) in [7, 11) is 0. The molecule has 4 nitrogen and oxygen atoms in total. The quantitative estimate of drug-likeness (QED) is 0.237. The lowest BCUT2D eigenvalue weighted by molar-refractivity contribution is -0.151. The topological polar surface area (TPSA) is 44.8 Å². The molecule has 0 N–H and O–H groups in total. The Bertz CT molecular complexity index is 425. The second-order valence-electron chi connectivity index (χ2n) is 3.81. The number of carbonyl (C=O) groups excluding carboxylic acids is 1. The number of benzene rings is 1. The molecule has 0 radical (unpaired) electrons. The van der Waals surface area contributed by atoms with Crippen molar-refractivity contribution in [2.45, 2.75) is 13.0 Å². The molecule has 0 aliphatic heterocycles. The molecule has 19 heavy (non-hydrogen) atoms. The Morgan fingerprint density at radius 2 is 2.05 bits per heavy atom. The SMILES string of the molecule is C=CCOCOC(=O)C(=C)C(C)Oc1ccccc1. The summed E-state index contributed by atoms with van der Waals surface area (Å²) in [4.78, 5) is 11.6. The van der Waals surface area contributed by atoms with Crippen molar-refractivity contribution in [2.24, 2.45) is 0 Å². The van der Waals surface area contributed by atoms with Gasteiger partial charge < -0.3 is 14.2 Å².